The van der Waals surface area contributed by atoms with Gasteiger partial charge in [0, 0.05) is 18.6 Å². The smallest absolute Gasteiger partial charge is 0.237 e. The normalized spacial score (nSPS) is 33.2. The third kappa shape index (κ3) is 3.78. The van der Waals surface area contributed by atoms with Crippen LogP contribution in [0.1, 0.15) is 58.3 Å². The van der Waals surface area contributed by atoms with Crippen molar-refractivity contribution in [2.24, 2.45) is 5.92 Å². The SMILES string of the molecule is CC(C(=O)NC1CCCC1)N1CCCC(C2CCCN2)C1. The molecule has 4 nitrogen and oxygen atoms in total. The van der Waals surface area contributed by atoms with Gasteiger partial charge in [0.15, 0.2) is 0 Å². The maximum Gasteiger partial charge on any atom is 0.237 e. The highest BCUT2D eigenvalue weighted by molar-refractivity contribution is 5.81. The van der Waals surface area contributed by atoms with Crippen LogP contribution in [0.25, 0.3) is 0 Å². The second kappa shape index (κ2) is 7.10. The minimum absolute atomic E-state index is 0.0369. The Hall–Kier alpha value is -0.610. The van der Waals surface area contributed by atoms with Gasteiger partial charge in [-0.25, -0.2) is 0 Å². The van der Waals surface area contributed by atoms with E-state index in [2.05, 4.69) is 22.5 Å². The van der Waals surface area contributed by atoms with Gasteiger partial charge >= 0.3 is 0 Å². The van der Waals surface area contributed by atoms with Crippen LogP contribution in [0.2, 0.25) is 0 Å². The average molecular weight is 293 g/mol. The van der Waals surface area contributed by atoms with Crippen LogP contribution < -0.4 is 10.6 Å². The Morgan fingerprint density at radius 3 is 2.67 bits per heavy atom. The molecule has 2 saturated heterocycles. The second-order valence-corrected chi connectivity index (χ2v) is 7.27. The number of nitrogens with zero attached hydrogens (tertiary/aromatic N) is 1. The summed E-state index contributed by atoms with van der Waals surface area (Å²) in [5.74, 6) is 0.991. The van der Waals surface area contributed by atoms with Crippen molar-refractivity contribution in [3.63, 3.8) is 0 Å². The molecule has 0 aromatic carbocycles. The lowest BCUT2D eigenvalue weighted by Crippen LogP contribution is -2.52. The third-order valence-corrected chi connectivity index (χ3v) is 5.79. The highest BCUT2D eigenvalue weighted by atomic mass is 16.2. The summed E-state index contributed by atoms with van der Waals surface area (Å²) >= 11 is 0. The molecular formula is C17H31N3O. The van der Waals surface area contributed by atoms with E-state index in [-0.39, 0.29) is 11.9 Å². The summed E-state index contributed by atoms with van der Waals surface area (Å²) in [7, 11) is 0. The summed E-state index contributed by atoms with van der Waals surface area (Å²) in [6, 6.07) is 1.17. The molecule has 0 aromatic rings. The topological polar surface area (TPSA) is 44.4 Å². The zero-order valence-corrected chi connectivity index (χ0v) is 13.4. The van der Waals surface area contributed by atoms with Crippen LogP contribution in [0.15, 0.2) is 0 Å². The van der Waals surface area contributed by atoms with Crippen LogP contribution >= 0.6 is 0 Å². The molecule has 3 unspecified atom stereocenters. The maximum absolute atomic E-state index is 12.5. The molecule has 2 heterocycles. The lowest BCUT2D eigenvalue weighted by atomic mass is 9.89. The van der Waals surface area contributed by atoms with Crippen molar-refractivity contribution in [3.05, 3.63) is 0 Å². The molecule has 1 saturated carbocycles. The summed E-state index contributed by atoms with van der Waals surface area (Å²) in [5, 5.41) is 6.91. The molecule has 3 fully saturated rings. The molecule has 120 valence electrons. The molecule has 1 amide bonds. The van der Waals surface area contributed by atoms with Gasteiger partial charge < -0.3 is 10.6 Å². The molecule has 2 N–H and O–H groups in total. The summed E-state index contributed by atoms with van der Waals surface area (Å²) in [4.78, 5) is 14.9. The molecule has 21 heavy (non-hydrogen) atoms. The largest absolute Gasteiger partial charge is 0.352 e. The monoisotopic (exact) mass is 293 g/mol. The zero-order valence-electron chi connectivity index (χ0n) is 13.4. The van der Waals surface area contributed by atoms with Crippen molar-refractivity contribution in [1.82, 2.24) is 15.5 Å². The van der Waals surface area contributed by atoms with Gasteiger partial charge in [-0.05, 0) is 64.5 Å². The van der Waals surface area contributed by atoms with Crippen LogP contribution in [0.4, 0.5) is 0 Å². The number of likely N-dealkylation sites (tertiary alicyclic amines) is 1. The van der Waals surface area contributed by atoms with E-state index in [9.17, 15) is 4.79 Å². The van der Waals surface area contributed by atoms with Gasteiger partial charge in [0.05, 0.1) is 6.04 Å². The number of carbonyl (C=O) groups excluding carboxylic acids is 1. The average Bonchev–Trinajstić information content (AvgIpc) is 3.20. The predicted octanol–water partition coefficient (Wildman–Crippen LogP) is 1.90. The number of piperidine rings is 1. The van der Waals surface area contributed by atoms with E-state index in [0.29, 0.717) is 12.1 Å². The summed E-state index contributed by atoms with van der Waals surface area (Å²) in [6.07, 6.45) is 10.1. The Morgan fingerprint density at radius 1 is 1.14 bits per heavy atom. The minimum Gasteiger partial charge on any atom is -0.352 e. The highest BCUT2D eigenvalue weighted by Gasteiger charge is 2.33. The molecule has 0 aromatic heterocycles. The molecule has 0 bridgehead atoms. The Kier molecular flexibility index (Phi) is 5.17. The van der Waals surface area contributed by atoms with E-state index >= 15 is 0 Å². The second-order valence-electron chi connectivity index (χ2n) is 7.27. The molecule has 2 aliphatic heterocycles. The maximum atomic E-state index is 12.5. The number of carbonyl (C=O) groups is 1. The summed E-state index contributed by atoms with van der Waals surface area (Å²) in [6.45, 7) is 5.45. The van der Waals surface area contributed by atoms with Gasteiger partial charge in [0.2, 0.25) is 5.91 Å². The number of amides is 1. The first kappa shape index (κ1) is 15.3. The van der Waals surface area contributed by atoms with Gasteiger partial charge in [-0.2, -0.15) is 0 Å². The molecular weight excluding hydrogens is 262 g/mol. The third-order valence-electron chi connectivity index (χ3n) is 5.79. The van der Waals surface area contributed by atoms with Gasteiger partial charge in [0.1, 0.15) is 0 Å². The molecule has 4 heteroatoms. The lowest BCUT2D eigenvalue weighted by molar-refractivity contribution is -0.127. The highest BCUT2D eigenvalue weighted by Crippen LogP contribution is 2.26. The molecule has 0 radical (unpaired) electrons. The molecule has 3 aliphatic rings. The van der Waals surface area contributed by atoms with Crippen LogP contribution in [0, 0.1) is 5.92 Å². The van der Waals surface area contributed by atoms with Crippen LogP contribution in [-0.4, -0.2) is 48.6 Å². The van der Waals surface area contributed by atoms with Crippen LogP contribution in [0.3, 0.4) is 0 Å². The Morgan fingerprint density at radius 2 is 1.95 bits per heavy atom. The fraction of sp³-hybridized carbons (Fsp3) is 0.941. The van der Waals surface area contributed by atoms with E-state index in [1.165, 1.54) is 57.9 Å². The first-order chi connectivity index (χ1) is 10.2. The summed E-state index contributed by atoms with van der Waals surface area (Å²) in [5.41, 5.74) is 0. The van der Waals surface area contributed by atoms with Crippen LogP contribution in [0.5, 0.6) is 0 Å². The van der Waals surface area contributed by atoms with Gasteiger partial charge in [-0.3, -0.25) is 9.69 Å². The first-order valence-electron chi connectivity index (χ1n) is 9.02. The fourth-order valence-electron chi connectivity index (χ4n) is 4.39. The minimum atomic E-state index is 0.0369. The molecule has 3 rings (SSSR count). The predicted molar refractivity (Wildman–Crippen MR) is 85.2 cm³/mol. The van der Waals surface area contributed by atoms with E-state index in [4.69, 9.17) is 0 Å². The van der Waals surface area contributed by atoms with E-state index in [1.54, 1.807) is 0 Å². The van der Waals surface area contributed by atoms with Crippen molar-refractivity contribution >= 4 is 5.91 Å². The number of hydrogen-bond acceptors (Lipinski definition) is 3. The number of nitrogens with one attached hydrogen (secondary N) is 2. The van der Waals surface area contributed by atoms with E-state index in [1.807, 2.05) is 0 Å². The zero-order chi connectivity index (χ0) is 14.7. The first-order valence-corrected chi connectivity index (χ1v) is 9.02. The standard InChI is InChI=1S/C17H31N3O/c1-13(17(21)19-15-7-2-3-8-15)20-11-5-6-14(12-20)16-9-4-10-18-16/h13-16,18H,2-12H2,1H3,(H,19,21). The van der Waals surface area contributed by atoms with Crippen molar-refractivity contribution in [1.29, 1.82) is 0 Å². The lowest BCUT2D eigenvalue weighted by Gasteiger charge is -2.38. The van der Waals surface area contributed by atoms with Gasteiger partial charge in [-0.15, -0.1) is 0 Å². The number of hydrogen-bond donors (Lipinski definition) is 2. The Labute approximate surface area is 129 Å². The quantitative estimate of drug-likeness (QED) is 0.832. The van der Waals surface area contributed by atoms with E-state index < -0.39 is 0 Å². The van der Waals surface area contributed by atoms with Crippen molar-refractivity contribution in [3.8, 4) is 0 Å². The molecule has 0 spiro atoms. The Balaban J connectivity index is 1.50. The fourth-order valence-corrected chi connectivity index (χ4v) is 4.39. The Bertz CT molecular complexity index is 348. The van der Waals surface area contributed by atoms with Gasteiger partial charge in [-0.1, -0.05) is 12.8 Å². The van der Waals surface area contributed by atoms with Gasteiger partial charge in [0.25, 0.3) is 0 Å². The van der Waals surface area contributed by atoms with Crippen molar-refractivity contribution in [2.75, 3.05) is 19.6 Å². The van der Waals surface area contributed by atoms with E-state index in [0.717, 1.165) is 19.0 Å². The molecule has 3 atom stereocenters. The summed E-state index contributed by atoms with van der Waals surface area (Å²) < 4.78 is 0. The van der Waals surface area contributed by atoms with Crippen molar-refractivity contribution in [2.45, 2.75) is 76.4 Å². The van der Waals surface area contributed by atoms with Crippen LogP contribution in [-0.2, 0) is 4.79 Å². The van der Waals surface area contributed by atoms with Crippen molar-refractivity contribution < 1.29 is 4.79 Å². The number of rotatable bonds is 4. The molecule has 1 aliphatic carbocycles.